The third kappa shape index (κ3) is 3.40. The maximum Gasteiger partial charge on any atom is 0.515 e. The minimum absolute atomic E-state index is 2.02. The van der Waals surface area contributed by atoms with Crippen molar-refractivity contribution in [2.45, 2.75) is 0 Å². The average molecular weight is 106 g/mol. The van der Waals surface area contributed by atoms with E-state index in [0.29, 0.717) is 0 Å². The van der Waals surface area contributed by atoms with Crippen LogP contribution in [0.1, 0.15) is 0 Å². The standard InChI is InChI=1S/CH2N2O2S/c1-3-6(2,4)5/h(H2,2,4,5). The fraction of sp³-hybridized carbons (Fsp3) is 0. The zero-order valence-electron chi connectivity index (χ0n) is 2.75. The summed E-state index contributed by atoms with van der Waals surface area (Å²) in [7, 11) is -3.87. The minimum atomic E-state index is -3.87. The molecule has 0 saturated carbocycles. The molecule has 6 heavy (non-hydrogen) atoms. The van der Waals surface area contributed by atoms with Crippen molar-refractivity contribution in [1.82, 2.24) is 0 Å². The summed E-state index contributed by atoms with van der Waals surface area (Å²) in [5.41, 5.74) is 0. The van der Waals surface area contributed by atoms with Gasteiger partial charge in [0.15, 0.2) is 0 Å². The van der Waals surface area contributed by atoms with Gasteiger partial charge in [0.2, 0.25) is 0 Å². The van der Waals surface area contributed by atoms with E-state index in [1.165, 1.54) is 0 Å². The second kappa shape index (κ2) is 1.24. The third-order valence-electron chi connectivity index (χ3n) is 0.127. The van der Waals surface area contributed by atoms with Crippen molar-refractivity contribution >= 4 is 10.2 Å². The molecule has 0 aliphatic rings. The molecule has 0 aromatic carbocycles. The second-order valence-corrected chi connectivity index (χ2v) is 1.82. The molecule has 0 radical (unpaired) electrons. The molecular formula is CH2N2O2S. The Morgan fingerprint density at radius 3 is 1.83 bits per heavy atom. The zero-order chi connectivity index (χ0) is 5.21. The van der Waals surface area contributed by atoms with Gasteiger partial charge in [-0.15, -0.1) is 8.42 Å². The lowest BCUT2D eigenvalue weighted by atomic mass is 11.9. The molecule has 0 heterocycles. The third-order valence-corrected chi connectivity index (χ3v) is 0.382. The fourth-order valence-corrected chi connectivity index (χ4v) is 0. The van der Waals surface area contributed by atoms with Gasteiger partial charge in [-0.1, -0.05) is 0 Å². The van der Waals surface area contributed by atoms with Gasteiger partial charge in [-0.05, 0) is 0 Å². The summed E-state index contributed by atoms with van der Waals surface area (Å²) in [5, 5.41) is 4.15. The molecule has 0 fully saturated rings. The molecule has 0 aliphatic heterocycles. The summed E-state index contributed by atoms with van der Waals surface area (Å²) < 4.78 is 20.9. The Morgan fingerprint density at radius 2 is 1.83 bits per heavy atom. The van der Waals surface area contributed by atoms with Crippen molar-refractivity contribution in [3.05, 3.63) is 10.8 Å². The summed E-state index contributed by atoms with van der Waals surface area (Å²) in [6.07, 6.45) is 0. The van der Waals surface area contributed by atoms with Crippen LogP contribution in [0.2, 0.25) is 0 Å². The van der Waals surface area contributed by atoms with E-state index in [4.69, 9.17) is 6.57 Å². The Balaban J connectivity index is 4.41. The van der Waals surface area contributed by atoms with Crippen LogP contribution in [0.25, 0.3) is 4.25 Å². The van der Waals surface area contributed by atoms with Crippen LogP contribution in [0.4, 0.5) is 0 Å². The maximum atomic E-state index is 9.42. The highest BCUT2D eigenvalue weighted by molar-refractivity contribution is 7.91. The van der Waals surface area contributed by atoms with Crippen LogP contribution in [0.15, 0.2) is 0 Å². The number of hydrogen-bond acceptors (Lipinski definition) is 2. The van der Waals surface area contributed by atoms with Crippen LogP contribution in [0.5, 0.6) is 0 Å². The summed E-state index contributed by atoms with van der Waals surface area (Å²) in [6, 6.07) is 0. The topological polar surface area (TPSA) is 64.5 Å². The van der Waals surface area contributed by atoms with Gasteiger partial charge in [0.05, 0.1) is 0 Å². The van der Waals surface area contributed by atoms with Gasteiger partial charge in [-0.2, -0.15) is 9.39 Å². The largest absolute Gasteiger partial charge is 0.515 e. The van der Waals surface area contributed by atoms with E-state index in [1.54, 1.807) is 0 Å². The molecule has 0 aliphatic carbocycles. The molecular weight excluding hydrogens is 104 g/mol. The van der Waals surface area contributed by atoms with Gasteiger partial charge < -0.3 is 0 Å². The Labute approximate surface area is 35.6 Å². The first-order valence-electron chi connectivity index (χ1n) is 0.975. The van der Waals surface area contributed by atoms with Crippen molar-refractivity contribution < 1.29 is 8.42 Å². The lowest BCUT2D eigenvalue weighted by Gasteiger charge is -1.64. The van der Waals surface area contributed by atoms with E-state index in [2.05, 4.69) is 5.14 Å². The molecule has 4 nitrogen and oxygen atoms in total. The SMILES string of the molecule is [C-]#[N+]S(N)(=O)=O. The van der Waals surface area contributed by atoms with E-state index in [1.807, 2.05) is 4.25 Å². The second-order valence-electron chi connectivity index (χ2n) is 0.606. The van der Waals surface area contributed by atoms with Gasteiger partial charge in [0.25, 0.3) is 0 Å². The average Bonchev–Trinajstić information content (AvgIpc) is 1.35. The van der Waals surface area contributed by atoms with E-state index < -0.39 is 10.2 Å². The predicted molar refractivity (Wildman–Crippen MR) is 19.7 cm³/mol. The number of hydrogen-bond donors (Lipinski definition) is 1. The number of nitrogens with zero attached hydrogens (tertiary/aromatic N) is 1. The molecule has 0 aromatic heterocycles. The Kier molecular flexibility index (Phi) is 1.12. The lowest BCUT2D eigenvalue weighted by Crippen LogP contribution is -2.03. The van der Waals surface area contributed by atoms with E-state index in [-0.39, 0.29) is 0 Å². The summed E-state index contributed by atoms with van der Waals surface area (Å²) in [6.45, 7) is 5.77. The molecule has 0 aromatic rings. The minimum Gasteiger partial charge on any atom is -0.204 e. The molecule has 0 amide bonds. The molecule has 5 heteroatoms. The molecule has 34 valence electrons. The van der Waals surface area contributed by atoms with Crippen molar-refractivity contribution in [1.29, 1.82) is 0 Å². The van der Waals surface area contributed by atoms with Crippen molar-refractivity contribution in [2.75, 3.05) is 0 Å². The van der Waals surface area contributed by atoms with Crippen molar-refractivity contribution in [3.8, 4) is 0 Å². The summed E-state index contributed by atoms with van der Waals surface area (Å²) >= 11 is 0. The Morgan fingerprint density at radius 1 is 1.67 bits per heavy atom. The van der Waals surface area contributed by atoms with Crippen LogP contribution in [-0.2, 0) is 10.2 Å². The van der Waals surface area contributed by atoms with Gasteiger partial charge >= 0.3 is 10.2 Å². The maximum absolute atomic E-state index is 9.42. The molecule has 0 saturated heterocycles. The monoisotopic (exact) mass is 106 g/mol. The summed E-state index contributed by atoms with van der Waals surface area (Å²) in [5.74, 6) is 0. The lowest BCUT2D eigenvalue weighted by molar-refractivity contribution is 0.606. The fourth-order valence-electron chi connectivity index (χ4n) is 0. The molecule has 0 unspecified atom stereocenters. The van der Waals surface area contributed by atoms with Crippen LogP contribution in [0.3, 0.4) is 0 Å². The predicted octanol–water partition coefficient (Wildman–Crippen LogP) is -0.891. The van der Waals surface area contributed by atoms with E-state index in [0.717, 1.165) is 0 Å². The van der Waals surface area contributed by atoms with Crippen LogP contribution >= 0.6 is 0 Å². The molecule has 2 N–H and O–H groups in total. The molecule has 0 atom stereocenters. The van der Waals surface area contributed by atoms with Gasteiger partial charge in [0, 0.05) is 0 Å². The molecule has 0 rings (SSSR count). The molecule has 0 bridgehead atoms. The smallest absolute Gasteiger partial charge is 0.204 e. The van der Waals surface area contributed by atoms with Crippen LogP contribution in [0, 0.1) is 6.57 Å². The number of rotatable bonds is 0. The van der Waals surface area contributed by atoms with Crippen molar-refractivity contribution in [3.63, 3.8) is 0 Å². The zero-order valence-corrected chi connectivity index (χ0v) is 3.57. The van der Waals surface area contributed by atoms with Crippen LogP contribution in [-0.4, -0.2) is 8.42 Å². The first-order valence-corrected chi connectivity index (χ1v) is 2.48. The molecule has 0 spiro atoms. The first kappa shape index (κ1) is 5.40. The number of nitrogens with two attached hydrogens (primary N) is 1. The first-order chi connectivity index (χ1) is 2.56. The highest BCUT2D eigenvalue weighted by Crippen LogP contribution is 1.70. The Bertz CT molecular complexity index is 160. The van der Waals surface area contributed by atoms with Gasteiger partial charge in [-0.3, -0.25) is 0 Å². The summed E-state index contributed by atoms with van der Waals surface area (Å²) in [4.78, 5) is 0. The highest BCUT2D eigenvalue weighted by atomic mass is 32.2. The highest BCUT2D eigenvalue weighted by Gasteiger charge is 1.97. The Hall–Kier alpha value is -0.600. The van der Waals surface area contributed by atoms with E-state index in [9.17, 15) is 8.42 Å². The van der Waals surface area contributed by atoms with E-state index >= 15 is 0 Å². The van der Waals surface area contributed by atoms with Gasteiger partial charge in [-0.25, -0.2) is 6.57 Å². The quantitative estimate of drug-likeness (QED) is 0.407. The van der Waals surface area contributed by atoms with Gasteiger partial charge in [0.1, 0.15) is 0 Å². The van der Waals surface area contributed by atoms with Crippen molar-refractivity contribution in [2.24, 2.45) is 5.14 Å². The van der Waals surface area contributed by atoms with Crippen LogP contribution < -0.4 is 5.14 Å². The normalized spacial score (nSPS) is 10.0.